The summed E-state index contributed by atoms with van der Waals surface area (Å²) in [4.78, 5) is 0. The molecule has 1 heterocycles. The van der Waals surface area contributed by atoms with Crippen molar-refractivity contribution in [2.24, 2.45) is 0 Å². The van der Waals surface area contributed by atoms with E-state index in [1.807, 2.05) is 0 Å². The monoisotopic (exact) mass is 113 g/mol. The van der Waals surface area contributed by atoms with Gasteiger partial charge in [-0.05, 0) is 26.2 Å². The number of hydrogen-bond acceptors (Lipinski definition) is 1. The van der Waals surface area contributed by atoms with Crippen LogP contribution in [0.15, 0.2) is 0 Å². The number of nitrogens with one attached hydrogen (secondary N) is 1. The van der Waals surface area contributed by atoms with E-state index in [1.54, 1.807) is 0 Å². The Hall–Kier alpha value is -0.0400. The zero-order valence-corrected chi connectivity index (χ0v) is 5.78. The highest BCUT2D eigenvalue weighted by atomic mass is 15.0. The van der Waals surface area contributed by atoms with Gasteiger partial charge in [-0.3, -0.25) is 0 Å². The molecule has 1 heteroatoms. The van der Waals surface area contributed by atoms with Gasteiger partial charge in [-0.2, -0.15) is 0 Å². The summed E-state index contributed by atoms with van der Waals surface area (Å²) in [5.41, 5.74) is 0. The van der Waals surface area contributed by atoms with Crippen LogP contribution < -0.4 is 5.32 Å². The van der Waals surface area contributed by atoms with E-state index in [4.69, 9.17) is 0 Å². The van der Waals surface area contributed by atoms with Gasteiger partial charge in [0, 0.05) is 12.1 Å². The Labute approximate surface area is 51.5 Å². The zero-order valence-electron chi connectivity index (χ0n) is 5.78. The normalized spacial score (nSPS) is 38.2. The van der Waals surface area contributed by atoms with Gasteiger partial charge in [-0.25, -0.2) is 0 Å². The minimum atomic E-state index is 0.778. The SMILES string of the molecule is CCC1CCC(C)N1. The van der Waals surface area contributed by atoms with Crippen molar-refractivity contribution >= 4 is 0 Å². The molecule has 0 bridgehead atoms. The fourth-order valence-corrected chi connectivity index (χ4v) is 1.34. The molecule has 1 aliphatic heterocycles. The lowest BCUT2D eigenvalue weighted by molar-refractivity contribution is 0.548. The lowest BCUT2D eigenvalue weighted by Crippen LogP contribution is -2.25. The lowest BCUT2D eigenvalue weighted by atomic mass is 10.2. The van der Waals surface area contributed by atoms with Gasteiger partial charge in [0.1, 0.15) is 0 Å². The third kappa shape index (κ3) is 1.22. The summed E-state index contributed by atoms with van der Waals surface area (Å²) in [5.74, 6) is 0. The minimum Gasteiger partial charge on any atom is -0.312 e. The molecule has 48 valence electrons. The highest BCUT2D eigenvalue weighted by Crippen LogP contribution is 2.13. The summed E-state index contributed by atoms with van der Waals surface area (Å²) < 4.78 is 0. The Balaban J connectivity index is 2.22. The summed E-state index contributed by atoms with van der Waals surface area (Å²) in [6, 6.07) is 1.60. The molecule has 1 saturated heterocycles. The van der Waals surface area contributed by atoms with Crippen molar-refractivity contribution in [3.05, 3.63) is 0 Å². The predicted octanol–water partition coefficient (Wildman–Crippen LogP) is 1.54. The van der Waals surface area contributed by atoms with E-state index >= 15 is 0 Å². The van der Waals surface area contributed by atoms with Crippen LogP contribution in [0.4, 0.5) is 0 Å². The molecule has 1 nitrogen and oxygen atoms in total. The van der Waals surface area contributed by atoms with Crippen LogP contribution in [0.3, 0.4) is 0 Å². The van der Waals surface area contributed by atoms with Gasteiger partial charge < -0.3 is 5.32 Å². The van der Waals surface area contributed by atoms with E-state index < -0.39 is 0 Å². The molecule has 8 heavy (non-hydrogen) atoms. The van der Waals surface area contributed by atoms with E-state index in [-0.39, 0.29) is 0 Å². The van der Waals surface area contributed by atoms with E-state index in [0.717, 1.165) is 12.1 Å². The average molecular weight is 113 g/mol. The van der Waals surface area contributed by atoms with Gasteiger partial charge in [0.05, 0.1) is 0 Å². The predicted molar refractivity (Wildman–Crippen MR) is 35.9 cm³/mol. The minimum absolute atomic E-state index is 0.778. The third-order valence-electron chi connectivity index (χ3n) is 1.96. The van der Waals surface area contributed by atoms with Crippen molar-refractivity contribution < 1.29 is 0 Å². The quantitative estimate of drug-likeness (QED) is 0.544. The molecule has 1 N–H and O–H groups in total. The maximum absolute atomic E-state index is 3.50. The van der Waals surface area contributed by atoms with Crippen molar-refractivity contribution in [1.82, 2.24) is 5.32 Å². The van der Waals surface area contributed by atoms with Crippen molar-refractivity contribution in [3.63, 3.8) is 0 Å². The van der Waals surface area contributed by atoms with Crippen LogP contribution in [0.2, 0.25) is 0 Å². The molecular formula is C7H15N. The van der Waals surface area contributed by atoms with Crippen LogP contribution in [0.5, 0.6) is 0 Å². The topological polar surface area (TPSA) is 12.0 Å². The number of hydrogen-bond donors (Lipinski definition) is 1. The Bertz CT molecular complexity index is 70.8. The highest BCUT2D eigenvalue weighted by molar-refractivity contribution is 4.78. The molecule has 0 spiro atoms. The van der Waals surface area contributed by atoms with E-state index in [9.17, 15) is 0 Å². The molecule has 2 unspecified atom stereocenters. The molecule has 0 saturated carbocycles. The standard InChI is InChI=1S/C7H15N/c1-3-7-5-4-6(2)8-7/h6-8H,3-5H2,1-2H3. The molecular weight excluding hydrogens is 98.1 g/mol. The largest absolute Gasteiger partial charge is 0.312 e. The molecule has 0 aliphatic carbocycles. The van der Waals surface area contributed by atoms with Crippen molar-refractivity contribution in [2.75, 3.05) is 0 Å². The van der Waals surface area contributed by atoms with E-state index in [0.29, 0.717) is 0 Å². The Morgan fingerprint density at radius 1 is 1.50 bits per heavy atom. The van der Waals surface area contributed by atoms with Gasteiger partial charge in [-0.1, -0.05) is 6.92 Å². The maximum Gasteiger partial charge on any atom is 0.00674 e. The van der Waals surface area contributed by atoms with Crippen LogP contribution in [-0.4, -0.2) is 12.1 Å². The van der Waals surface area contributed by atoms with Gasteiger partial charge >= 0.3 is 0 Å². The molecule has 0 aromatic carbocycles. The van der Waals surface area contributed by atoms with Crippen LogP contribution >= 0.6 is 0 Å². The van der Waals surface area contributed by atoms with Gasteiger partial charge in [0.25, 0.3) is 0 Å². The second kappa shape index (κ2) is 2.49. The van der Waals surface area contributed by atoms with Crippen molar-refractivity contribution in [1.29, 1.82) is 0 Å². The van der Waals surface area contributed by atoms with Crippen LogP contribution in [0.1, 0.15) is 33.1 Å². The summed E-state index contributed by atoms with van der Waals surface area (Å²) in [6.07, 6.45) is 4.06. The van der Waals surface area contributed by atoms with Crippen molar-refractivity contribution in [3.8, 4) is 0 Å². The first kappa shape index (κ1) is 6.09. The zero-order chi connectivity index (χ0) is 5.98. The summed E-state index contributed by atoms with van der Waals surface area (Å²) in [6.45, 7) is 4.51. The van der Waals surface area contributed by atoms with Crippen LogP contribution in [-0.2, 0) is 0 Å². The first-order valence-corrected chi connectivity index (χ1v) is 3.59. The molecule has 1 rings (SSSR count). The fraction of sp³-hybridized carbons (Fsp3) is 1.00. The Morgan fingerprint density at radius 3 is 2.50 bits per heavy atom. The number of rotatable bonds is 1. The van der Waals surface area contributed by atoms with Crippen molar-refractivity contribution in [2.45, 2.75) is 45.2 Å². The maximum atomic E-state index is 3.50. The molecule has 1 aliphatic rings. The third-order valence-corrected chi connectivity index (χ3v) is 1.96. The average Bonchev–Trinajstić information content (AvgIpc) is 2.14. The van der Waals surface area contributed by atoms with Crippen LogP contribution in [0, 0.1) is 0 Å². The smallest absolute Gasteiger partial charge is 0.00674 e. The second-order valence-electron chi connectivity index (χ2n) is 2.75. The summed E-state index contributed by atoms with van der Waals surface area (Å²) in [5, 5.41) is 3.50. The van der Waals surface area contributed by atoms with Gasteiger partial charge in [0.15, 0.2) is 0 Å². The van der Waals surface area contributed by atoms with Gasteiger partial charge in [-0.15, -0.1) is 0 Å². The molecule has 0 amide bonds. The Morgan fingerprint density at radius 2 is 2.25 bits per heavy atom. The first-order valence-electron chi connectivity index (χ1n) is 3.59. The van der Waals surface area contributed by atoms with Crippen LogP contribution in [0.25, 0.3) is 0 Å². The van der Waals surface area contributed by atoms with E-state index in [1.165, 1.54) is 19.3 Å². The molecule has 0 aromatic heterocycles. The van der Waals surface area contributed by atoms with Gasteiger partial charge in [0.2, 0.25) is 0 Å². The fourth-order valence-electron chi connectivity index (χ4n) is 1.34. The molecule has 0 radical (unpaired) electrons. The summed E-state index contributed by atoms with van der Waals surface area (Å²) in [7, 11) is 0. The molecule has 0 aromatic rings. The molecule has 1 fully saturated rings. The summed E-state index contributed by atoms with van der Waals surface area (Å²) >= 11 is 0. The lowest BCUT2D eigenvalue weighted by Gasteiger charge is -2.06. The second-order valence-corrected chi connectivity index (χ2v) is 2.75. The Kier molecular flexibility index (Phi) is 1.90. The first-order chi connectivity index (χ1) is 3.83. The molecule has 2 atom stereocenters. The highest BCUT2D eigenvalue weighted by Gasteiger charge is 2.17. The van der Waals surface area contributed by atoms with E-state index in [2.05, 4.69) is 19.2 Å².